The third kappa shape index (κ3) is 8.83. The van der Waals surface area contributed by atoms with Crippen LogP contribution in [0.2, 0.25) is 43.4 Å². The second-order valence-corrected chi connectivity index (χ2v) is 34.1. The summed E-state index contributed by atoms with van der Waals surface area (Å²) in [5.74, 6) is 0.0795. The SMILES string of the molecule is CCC[CH2][Sn]([CH2]CCC)([CH2]CCC)[CH2][C@@H]1CN(S(=O)(=O)c2ccc(C)cc2)C[C@]1(O)C[Si](C)(C)C. The molecule has 35 heavy (non-hydrogen) atoms. The summed E-state index contributed by atoms with van der Waals surface area (Å²) < 4.78 is 34.3. The number of hydrogen-bond acceptors (Lipinski definition) is 3. The van der Waals surface area contributed by atoms with Crippen LogP contribution in [0.5, 0.6) is 0 Å². The summed E-state index contributed by atoms with van der Waals surface area (Å²) in [5.41, 5.74) is 0.162. The number of nitrogens with zero attached hydrogens (tertiary/aromatic N) is 1. The van der Waals surface area contributed by atoms with Crippen molar-refractivity contribution >= 4 is 36.5 Å². The zero-order chi connectivity index (χ0) is 26.3. The van der Waals surface area contributed by atoms with E-state index < -0.39 is 42.1 Å². The number of benzene rings is 1. The normalized spacial score (nSPS) is 22.1. The van der Waals surface area contributed by atoms with Gasteiger partial charge >= 0.3 is 223 Å². The molecule has 0 saturated carbocycles. The second-order valence-electron chi connectivity index (χ2n) is 12.7. The van der Waals surface area contributed by atoms with Gasteiger partial charge in [-0.25, -0.2) is 0 Å². The van der Waals surface area contributed by atoms with Crippen LogP contribution < -0.4 is 0 Å². The van der Waals surface area contributed by atoms with Crippen LogP contribution in [0.4, 0.5) is 0 Å². The fraction of sp³-hybridized carbons (Fsp3) is 0.786. The number of β-amino-alcohol motifs (C(OH)–C–C–N with tert-alkyl or cyclic N) is 1. The number of aliphatic hydroxyl groups is 1. The van der Waals surface area contributed by atoms with Gasteiger partial charge < -0.3 is 0 Å². The van der Waals surface area contributed by atoms with Gasteiger partial charge in [-0.05, 0) is 0 Å². The third-order valence-electron chi connectivity index (χ3n) is 7.99. The van der Waals surface area contributed by atoms with Gasteiger partial charge in [-0.3, -0.25) is 0 Å². The summed E-state index contributed by atoms with van der Waals surface area (Å²) >= 11 is -2.56. The first-order chi connectivity index (χ1) is 16.3. The average molecular weight is 631 g/mol. The van der Waals surface area contributed by atoms with Gasteiger partial charge in [-0.2, -0.15) is 0 Å². The van der Waals surface area contributed by atoms with Crippen molar-refractivity contribution in [3.8, 4) is 0 Å². The second kappa shape index (κ2) is 13.3. The maximum atomic E-state index is 13.7. The molecule has 0 radical (unpaired) electrons. The van der Waals surface area contributed by atoms with Crippen molar-refractivity contribution < 1.29 is 13.5 Å². The van der Waals surface area contributed by atoms with Crippen LogP contribution in [-0.2, 0) is 10.0 Å². The quantitative estimate of drug-likeness (QED) is 0.204. The molecule has 7 heteroatoms. The monoisotopic (exact) mass is 631 g/mol. The van der Waals surface area contributed by atoms with Crippen molar-refractivity contribution in [1.29, 1.82) is 0 Å². The molecule has 0 unspecified atom stereocenters. The standard InChI is InChI=1S/C16H26NO3SSi.3C4H9.Sn/c1-13-6-8-15(9-7-13)21(19,20)17-10-14(2)16(18,11-17)12-22(3,4)5;3*1-3-4-2;/h6-9,14,18H,2,10-12H2,1,3-5H3;3*1,3-4H2,2H3;/t14-,16+;;;;/m1..../s1. The molecule has 1 saturated heterocycles. The Morgan fingerprint density at radius 3 is 1.89 bits per heavy atom. The number of rotatable bonds is 15. The van der Waals surface area contributed by atoms with Crippen LogP contribution in [0.3, 0.4) is 0 Å². The molecule has 1 aromatic rings. The predicted octanol–water partition coefficient (Wildman–Crippen LogP) is 7.53. The fourth-order valence-corrected chi connectivity index (χ4v) is 27.7. The third-order valence-corrected chi connectivity index (χ3v) is 27.5. The van der Waals surface area contributed by atoms with E-state index in [0.717, 1.165) is 16.0 Å². The van der Waals surface area contributed by atoms with Gasteiger partial charge in [0.05, 0.1) is 0 Å². The first-order valence-electron chi connectivity index (χ1n) is 14.1. The van der Waals surface area contributed by atoms with Gasteiger partial charge in [0.15, 0.2) is 0 Å². The van der Waals surface area contributed by atoms with E-state index in [0.29, 0.717) is 11.4 Å². The summed E-state index contributed by atoms with van der Waals surface area (Å²) in [5, 5.41) is 12.2. The minimum absolute atomic E-state index is 0.0795. The summed E-state index contributed by atoms with van der Waals surface area (Å²) in [6.45, 7) is 16.5. The maximum absolute atomic E-state index is 13.7. The Morgan fingerprint density at radius 2 is 1.46 bits per heavy atom. The van der Waals surface area contributed by atoms with Gasteiger partial charge in [0.2, 0.25) is 0 Å². The fourth-order valence-electron chi connectivity index (χ4n) is 6.19. The number of unbranched alkanes of at least 4 members (excludes halogenated alkanes) is 3. The van der Waals surface area contributed by atoms with E-state index in [1.165, 1.54) is 51.8 Å². The summed E-state index contributed by atoms with van der Waals surface area (Å²) in [6, 6.07) is 7.97. The Bertz CT molecular complexity index is 863. The summed E-state index contributed by atoms with van der Waals surface area (Å²) in [6.07, 6.45) is 7.59. The Labute approximate surface area is 222 Å². The molecular formula is C28H53NO3SSiSn. The molecule has 0 aromatic heterocycles. The minimum atomic E-state index is -3.61. The molecule has 1 aliphatic rings. The van der Waals surface area contributed by atoms with E-state index in [-0.39, 0.29) is 12.5 Å². The molecule has 1 aliphatic heterocycles. The van der Waals surface area contributed by atoms with Gasteiger partial charge in [-0.1, -0.05) is 0 Å². The molecule has 0 aliphatic carbocycles. The molecule has 0 bridgehead atoms. The van der Waals surface area contributed by atoms with Gasteiger partial charge in [0, 0.05) is 0 Å². The van der Waals surface area contributed by atoms with Crippen molar-refractivity contribution in [2.45, 2.75) is 120 Å². The number of sulfonamides is 1. The van der Waals surface area contributed by atoms with E-state index in [4.69, 9.17) is 0 Å². The van der Waals surface area contributed by atoms with Crippen LogP contribution in [-0.4, -0.2) is 63.0 Å². The first kappa shape index (κ1) is 31.3. The van der Waals surface area contributed by atoms with E-state index in [1.807, 2.05) is 19.1 Å². The Balaban J connectivity index is 2.44. The van der Waals surface area contributed by atoms with E-state index in [1.54, 1.807) is 16.4 Å². The summed E-state index contributed by atoms with van der Waals surface area (Å²) in [7, 11) is -5.22. The molecule has 0 amide bonds. The van der Waals surface area contributed by atoms with Gasteiger partial charge in [0.1, 0.15) is 0 Å². The molecule has 2 atom stereocenters. The molecular weight excluding hydrogens is 577 g/mol. The Kier molecular flexibility index (Phi) is 11.9. The molecule has 1 aromatic carbocycles. The average Bonchev–Trinajstić information content (AvgIpc) is 3.09. The topological polar surface area (TPSA) is 57.6 Å². The molecule has 4 nitrogen and oxygen atoms in total. The van der Waals surface area contributed by atoms with Crippen LogP contribution in [0, 0.1) is 12.8 Å². The van der Waals surface area contributed by atoms with Crippen molar-refractivity contribution in [3.63, 3.8) is 0 Å². The first-order valence-corrected chi connectivity index (χ1v) is 27.3. The van der Waals surface area contributed by atoms with Crippen LogP contribution in [0.15, 0.2) is 29.2 Å². The van der Waals surface area contributed by atoms with E-state index >= 15 is 0 Å². The number of aryl methyl sites for hydroxylation is 1. The van der Waals surface area contributed by atoms with Crippen LogP contribution >= 0.6 is 0 Å². The van der Waals surface area contributed by atoms with Crippen molar-refractivity contribution in [2.24, 2.45) is 5.92 Å². The molecule has 1 fully saturated rings. The molecule has 1 N–H and O–H groups in total. The van der Waals surface area contributed by atoms with Crippen molar-refractivity contribution in [1.82, 2.24) is 4.31 Å². The van der Waals surface area contributed by atoms with Gasteiger partial charge in [0.25, 0.3) is 0 Å². The van der Waals surface area contributed by atoms with Crippen molar-refractivity contribution in [3.05, 3.63) is 29.8 Å². The molecule has 0 spiro atoms. The predicted molar refractivity (Wildman–Crippen MR) is 156 cm³/mol. The van der Waals surface area contributed by atoms with Crippen LogP contribution in [0.1, 0.15) is 64.9 Å². The van der Waals surface area contributed by atoms with Gasteiger partial charge in [-0.15, -0.1) is 0 Å². The van der Waals surface area contributed by atoms with Crippen LogP contribution in [0.25, 0.3) is 0 Å². The zero-order valence-corrected chi connectivity index (χ0v) is 28.4. The molecule has 1 heterocycles. The molecule has 2 rings (SSSR count). The Hall–Kier alpha value is 0.106. The van der Waals surface area contributed by atoms with E-state index in [2.05, 4.69) is 40.4 Å². The van der Waals surface area contributed by atoms with E-state index in [9.17, 15) is 13.5 Å². The molecule has 202 valence electrons. The summed E-state index contributed by atoms with van der Waals surface area (Å²) in [4.78, 5) is 0.358. The Morgan fingerprint density at radius 1 is 0.971 bits per heavy atom. The zero-order valence-electron chi connectivity index (χ0n) is 23.7. The number of hydrogen-bond donors (Lipinski definition) is 1. The van der Waals surface area contributed by atoms with Crippen molar-refractivity contribution in [2.75, 3.05) is 13.1 Å².